The third-order valence-corrected chi connectivity index (χ3v) is 1.78. The molecule has 16 heavy (non-hydrogen) atoms. The number of rotatable bonds is 1. The molecule has 0 radical (unpaired) electrons. The summed E-state index contributed by atoms with van der Waals surface area (Å²) in [6.45, 7) is 1.34. The van der Waals surface area contributed by atoms with Gasteiger partial charge >= 0.3 is 0 Å². The number of para-hydroxylation sites is 1. The molecule has 1 rings (SSSR count). The Bertz CT molecular complexity index is 422. The summed E-state index contributed by atoms with van der Waals surface area (Å²) in [5.41, 5.74) is 10.9. The Morgan fingerprint density at radius 1 is 1.31 bits per heavy atom. The van der Waals surface area contributed by atoms with Crippen LogP contribution in [-0.2, 0) is 4.79 Å². The van der Waals surface area contributed by atoms with Crippen LogP contribution in [0.3, 0.4) is 0 Å². The first kappa shape index (κ1) is 11.7. The second-order valence-corrected chi connectivity index (χ2v) is 3.05. The van der Waals surface area contributed by atoms with Gasteiger partial charge in [0.05, 0.1) is 5.69 Å². The van der Waals surface area contributed by atoms with Crippen molar-refractivity contribution in [3.8, 4) is 0 Å². The molecule has 6 nitrogen and oxygen atoms in total. The predicted molar refractivity (Wildman–Crippen MR) is 63.1 cm³/mol. The maximum Gasteiger partial charge on any atom is 0.232 e. The largest absolute Gasteiger partial charge is 0.370 e. The van der Waals surface area contributed by atoms with Crippen LogP contribution < -0.4 is 16.4 Å². The van der Waals surface area contributed by atoms with Gasteiger partial charge in [-0.2, -0.15) is 4.99 Å². The first-order valence-electron chi connectivity index (χ1n) is 4.56. The fraction of sp³-hybridized carbons (Fsp3) is 0.100. The van der Waals surface area contributed by atoms with Crippen molar-refractivity contribution in [1.82, 2.24) is 0 Å². The lowest BCUT2D eigenvalue weighted by Crippen LogP contribution is -2.36. The van der Waals surface area contributed by atoms with Crippen LogP contribution in [0.5, 0.6) is 0 Å². The van der Waals surface area contributed by atoms with Gasteiger partial charge in [-0.05, 0) is 12.1 Å². The second-order valence-electron chi connectivity index (χ2n) is 3.05. The molecule has 0 fully saturated rings. The number of benzene rings is 1. The SMILES string of the molecule is CC(=O)N(C(=N)N=C(N)N)c1ccccc1. The minimum absolute atomic E-state index is 0.257. The predicted octanol–water partition coefficient (Wildman–Crippen LogP) is 0.248. The molecule has 0 aliphatic rings. The number of carbonyl (C=O) groups is 1. The molecule has 0 spiro atoms. The highest BCUT2D eigenvalue weighted by Crippen LogP contribution is 2.13. The maximum atomic E-state index is 11.4. The van der Waals surface area contributed by atoms with Crippen LogP contribution in [0, 0.1) is 5.41 Å². The zero-order valence-electron chi connectivity index (χ0n) is 8.84. The van der Waals surface area contributed by atoms with Gasteiger partial charge < -0.3 is 11.5 Å². The Morgan fingerprint density at radius 2 is 1.88 bits per heavy atom. The molecule has 1 aromatic rings. The lowest BCUT2D eigenvalue weighted by molar-refractivity contribution is -0.115. The molecule has 0 unspecified atom stereocenters. The van der Waals surface area contributed by atoms with E-state index in [-0.39, 0.29) is 17.8 Å². The van der Waals surface area contributed by atoms with Crippen molar-refractivity contribution >= 4 is 23.5 Å². The van der Waals surface area contributed by atoms with Gasteiger partial charge in [-0.1, -0.05) is 18.2 Å². The monoisotopic (exact) mass is 219 g/mol. The van der Waals surface area contributed by atoms with E-state index in [1.54, 1.807) is 24.3 Å². The Balaban J connectivity index is 3.07. The third-order valence-electron chi connectivity index (χ3n) is 1.78. The fourth-order valence-electron chi connectivity index (χ4n) is 1.20. The van der Waals surface area contributed by atoms with Crippen molar-refractivity contribution in [2.75, 3.05) is 4.90 Å². The van der Waals surface area contributed by atoms with Crippen LogP contribution in [0.1, 0.15) is 6.92 Å². The smallest absolute Gasteiger partial charge is 0.232 e. The molecule has 6 heteroatoms. The number of hydrogen-bond acceptors (Lipinski definition) is 2. The molecular formula is C10H13N5O. The summed E-state index contributed by atoms with van der Waals surface area (Å²) < 4.78 is 0. The summed E-state index contributed by atoms with van der Waals surface area (Å²) in [5.74, 6) is -0.896. The van der Waals surface area contributed by atoms with E-state index < -0.39 is 0 Å². The number of amides is 1. The molecule has 0 saturated carbocycles. The average Bonchev–Trinajstić information content (AvgIpc) is 2.17. The van der Waals surface area contributed by atoms with Crippen LogP contribution in [0.2, 0.25) is 0 Å². The van der Waals surface area contributed by atoms with Gasteiger partial charge in [0, 0.05) is 6.92 Å². The van der Waals surface area contributed by atoms with Gasteiger partial charge in [-0.15, -0.1) is 0 Å². The Kier molecular flexibility index (Phi) is 3.60. The van der Waals surface area contributed by atoms with Crippen LogP contribution in [0.25, 0.3) is 0 Å². The number of aliphatic imine (C=N–C) groups is 1. The zero-order valence-corrected chi connectivity index (χ0v) is 8.84. The van der Waals surface area contributed by atoms with E-state index in [1.165, 1.54) is 6.92 Å². The highest BCUT2D eigenvalue weighted by molar-refractivity contribution is 6.16. The third kappa shape index (κ3) is 2.81. The van der Waals surface area contributed by atoms with E-state index in [9.17, 15) is 4.79 Å². The van der Waals surface area contributed by atoms with E-state index in [4.69, 9.17) is 16.9 Å². The lowest BCUT2D eigenvalue weighted by atomic mass is 10.3. The Morgan fingerprint density at radius 3 is 2.31 bits per heavy atom. The van der Waals surface area contributed by atoms with Gasteiger partial charge in [0.25, 0.3) is 0 Å². The van der Waals surface area contributed by atoms with Crippen molar-refractivity contribution < 1.29 is 4.79 Å². The minimum Gasteiger partial charge on any atom is -0.370 e. The summed E-state index contributed by atoms with van der Waals surface area (Å²) in [5, 5.41) is 7.60. The minimum atomic E-state index is -0.332. The van der Waals surface area contributed by atoms with E-state index >= 15 is 0 Å². The normalized spacial score (nSPS) is 9.31. The first-order chi connectivity index (χ1) is 7.52. The lowest BCUT2D eigenvalue weighted by Gasteiger charge is -2.18. The number of nitrogens with one attached hydrogen (secondary N) is 1. The fourth-order valence-corrected chi connectivity index (χ4v) is 1.20. The molecular weight excluding hydrogens is 206 g/mol. The quantitative estimate of drug-likeness (QED) is 0.465. The number of anilines is 1. The molecule has 0 aliphatic carbocycles. The summed E-state index contributed by atoms with van der Waals surface area (Å²) >= 11 is 0. The van der Waals surface area contributed by atoms with Crippen LogP contribution in [0.15, 0.2) is 35.3 Å². The molecule has 1 aromatic carbocycles. The number of hydrogen-bond donors (Lipinski definition) is 3. The van der Waals surface area contributed by atoms with E-state index in [0.717, 1.165) is 4.90 Å². The molecule has 84 valence electrons. The second kappa shape index (κ2) is 4.92. The number of nitrogens with two attached hydrogens (primary N) is 2. The summed E-state index contributed by atoms with van der Waals surface area (Å²) in [6, 6.07) is 8.71. The van der Waals surface area contributed by atoms with Crippen molar-refractivity contribution in [1.29, 1.82) is 5.41 Å². The standard InChI is InChI=1S/C10H13N5O/c1-7(16)15(10(13)14-9(11)12)8-5-3-2-4-6-8/h2-6H,1H3,(H5,11,12,13,14). The van der Waals surface area contributed by atoms with Gasteiger partial charge in [-0.3, -0.25) is 10.2 Å². The van der Waals surface area contributed by atoms with Gasteiger partial charge in [0.2, 0.25) is 11.9 Å². The molecule has 0 bridgehead atoms. The van der Waals surface area contributed by atoms with Crippen molar-refractivity contribution in [3.63, 3.8) is 0 Å². The van der Waals surface area contributed by atoms with E-state index in [0.29, 0.717) is 5.69 Å². The van der Waals surface area contributed by atoms with Gasteiger partial charge in [0.1, 0.15) is 0 Å². The highest BCUT2D eigenvalue weighted by Gasteiger charge is 2.16. The average molecular weight is 219 g/mol. The molecule has 1 amide bonds. The van der Waals surface area contributed by atoms with E-state index in [1.807, 2.05) is 6.07 Å². The Labute approximate surface area is 93.1 Å². The van der Waals surface area contributed by atoms with Crippen molar-refractivity contribution in [2.45, 2.75) is 6.92 Å². The number of nitrogens with zero attached hydrogens (tertiary/aromatic N) is 2. The molecule has 0 aromatic heterocycles. The van der Waals surface area contributed by atoms with E-state index in [2.05, 4.69) is 4.99 Å². The Hall–Kier alpha value is -2.37. The molecule has 0 aliphatic heterocycles. The van der Waals surface area contributed by atoms with Crippen molar-refractivity contribution in [3.05, 3.63) is 30.3 Å². The number of guanidine groups is 2. The first-order valence-corrected chi connectivity index (χ1v) is 4.56. The summed E-state index contributed by atoms with van der Waals surface area (Å²) in [4.78, 5) is 16.0. The highest BCUT2D eigenvalue weighted by atomic mass is 16.2. The topological polar surface area (TPSA) is 109 Å². The van der Waals surface area contributed by atoms with Crippen LogP contribution in [0.4, 0.5) is 5.69 Å². The maximum absolute atomic E-state index is 11.4. The summed E-state index contributed by atoms with van der Waals surface area (Å²) in [7, 11) is 0. The summed E-state index contributed by atoms with van der Waals surface area (Å²) in [6.07, 6.45) is 0. The molecule has 0 saturated heterocycles. The molecule has 0 atom stereocenters. The molecule has 5 N–H and O–H groups in total. The van der Waals surface area contributed by atoms with Crippen LogP contribution in [-0.4, -0.2) is 17.8 Å². The molecule has 0 heterocycles. The zero-order chi connectivity index (χ0) is 12.1. The van der Waals surface area contributed by atoms with Crippen molar-refractivity contribution in [2.24, 2.45) is 16.5 Å². The number of carbonyl (C=O) groups excluding carboxylic acids is 1. The van der Waals surface area contributed by atoms with Crippen LogP contribution >= 0.6 is 0 Å². The van der Waals surface area contributed by atoms with Gasteiger partial charge in [0.15, 0.2) is 5.96 Å². The van der Waals surface area contributed by atoms with Gasteiger partial charge in [-0.25, -0.2) is 4.90 Å².